The monoisotopic (exact) mass is 241 g/mol. The average molecular weight is 241 g/mol. The van der Waals surface area contributed by atoms with E-state index in [1.165, 1.54) is 19.4 Å². The van der Waals surface area contributed by atoms with Crippen molar-refractivity contribution in [1.29, 1.82) is 0 Å². The molecule has 0 saturated carbocycles. The van der Waals surface area contributed by atoms with Crippen LogP contribution in [-0.2, 0) is 4.79 Å². The maximum Gasteiger partial charge on any atom is 0.222 e. The van der Waals surface area contributed by atoms with Crippen molar-refractivity contribution in [1.82, 2.24) is 9.80 Å². The SMILES string of the molecule is CC(N)C1CCCN(CCCC(=O)N(C)C)C1. The van der Waals surface area contributed by atoms with Gasteiger partial charge in [0, 0.05) is 33.1 Å². The van der Waals surface area contributed by atoms with E-state index in [2.05, 4.69) is 11.8 Å². The van der Waals surface area contributed by atoms with Gasteiger partial charge in [0.2, 0.25) is 5.91 Å². The van der Waals surface area contributed by atoms with Gasteiger partial charge in [0.25, 0.3) is 0 Å². The largest absolute Gasteiger partial charge is 0.349 e. The summed E-state index contributed by atoms with van der Waals surface area (Å²) in [5, 5.41) is 0. The molecule has 100 valence electrons. The van der Waals surface area contributed by atoms with Gasteiger partial charge in [0.05, 0.1) is 0 Å². The molecule has 1 amide bonds. The lowest BCUT2D eigenvalue weighted by molar-refractivity contribution is -0.128. The van der Waals surface area contributed by atoms with E-state index < -0.39 is 0 Å². The summed E-state index contributed by atoms with van der Waals surface area (Å²) in [5.41, 5.74) is 5.96. The molecule has 0 aromatic rings. The summed E-state index contributed by atoms with van der Waals surface area (Å²) in [7, 11) is 3.63. The Labute approximate surface area is 105 Å². The van der Waals surface area contributed by atoms with Crippen molar-refractivity contribution in [3.63, 3.8) is 0 Å². The van der Waals surface area contributed by atoms with Crippen molar-refractivity contribution in [3.05, 3.63) is 0 Å². The van der Waals surface area contributed by atoms with E-state index in [-0.39, 0.29) is 5.91 Å². The van der Waals surface area contributed by atoms with E-state index in [1.807, 2.05) is 14.1 Å². The van der Waals surface area contributed by atoms with Crippen LogP contribution in [0.5, 0.6) is 0 Å². The molecule has 2 atom stereocenters. The standard InChI is InChI=1S/C13H27N3O/c1-11(14)12-6-4-8-16(10-12)9-5-7-13(17)15(2)3/h11-12H,4-10,14H2,1-3H3. The summed E-state index contributed by atoms with van der Waals surface area (Å²) in [6.45, 7) is 5.40. The number of hydrogen-bond acceptors (Lipinski definition) is 3. The number of likely N-dealkylation sites (tertiary alicyclic amines) is 1. The molecular weight excluding hydrogens is 214 g/mol. The lowest BCUT2D eigenvalue weighted by atomic mass is 9.92. The molecule has 2 N–H and O–H groups in total. The van der Waals surface area contributed by atoms with Crippen molar-refractivity contribution in [3.8, 4) is 0 Å². The van der Waals surface area contributed by atoms with Crippen LogP contribution in [0.25, 0.3) is 0 Å². The average Bonchev–Trinajstić information content (AvgIpc) is 2.29. The summed E-state index contributed by atoms with van der Waals surface area (Å²) >= 11 is 0. The van der Waals surface area contributed by atoms with Crippen LogP contribution in [-0.4, -0.2) is 55.5 Å². The van der Waals surface area contributed by atoms with E-state index in [1.54, 1.807) is 4.90 Å². The fourth-order valence-electron chi connectivity index (χ4n) is 2.40. The molecule has 1 saturated heterocycles. The highest BCUT2D eigenvalue weighted by atomic mass is 16.2. The zero-order valence-electron chi connectivity index (χ0n) is 11.5. The van der Waals surface area contributed by atoms with Crippen LogP contribution in [0.15, 0.2) is 0 Å². The van der Waals surface area contributed by atoms with Crippen LogP contribution in [0.4, 0.5) is 0 Å². The zero-order valence-corrected chi connectivity index (χ0v) is 11.5. The first-order valence-corrected chi connectivity index (χ1v) is 6.68. The minimum atomic E-state index is 0.228. The molecule has 1 fully saturated rings. The number of piperidine rings is 1. The molecule has 1 aliphatic rings. The molecule has 0 aromatic carbocycles. The van der Waals surface area contributed by atoms with Gasteiger partial charge in [-0.3, -0.25) is 4.79 Å². The molecule has 0 bridgehead atoms. The van der Waals surface area contributed by atoms with Gasteiger partial charge in [-0.2, -0.15) is 0 Å². The van der Waals surface area contributed by atoms with Gasteiger partial charge in [-0.1, -0.05) is 0 Å². The Morgan fingerprint density at radius 2 is 2.24 bits per heavy atom. The maximum absolute atomic E-state index is 11.4. The second-order valence-corrected chi connectivity index (χ2v) is 5.45. The predicted molar refractivity (Wildman–Crippen MR) is 70.7 cm³/mol. The van der Waals surface area contributed by atoms with Gasteiger partial charge in [-0.25, -0.2) is 0 Å². The topological polar surface area (TPSA) is 49.6 Å². The molecule has 0 aliphatic carbocycles. The number of hydrogen-bond donors (Lipinski definition) is 1. The van der Waals surface area contributed by atoms with Crippen molar-refractivity contribution in [2.75, 3.05) is 33.7 Å². The van der Waals surface area contributed by atoms with E-state index in [0.29, 0.717) is 18.4 Å². The molecular formula is C13H27N3O. The molecule has 0 aromatic heterocycles. The van der Waals surface area contributed by atoms with Crippen molar-refractivity contribution >= 4 is 5.91 Å². The van der Waals surface area contributed by atoms with Gasteiger partial charge >= 0.3 is 0 Å². The van der Waals surface area contributed by atoms with Crippen LogP contribution in [0, 0.1) is 5.92 Å². The molecule has 4 heteroatoms. The van der Waals surface area contributed by atoms with E-state index >= 15 is 0 Å². The lowest BCUT2D eigenvalue weighted by Gasteiger charge is -2.34. The number of rotatable bonds is 5. The fourth-order valence-corrected chi connectivity index (χ4v) is 2.40. The molecule has 1 heterocycles. The lowest BCUT2D eigenvalue weighted by Crippen LogP contribution is -2.42. The summed E-state index contributed by atoms with van der Waals surface area (Å²) in [5.74, 6) is 0.860. The first-order valence-electron chi connectivity index (χ1n) is 6.68. The van der Waals surface area contributed by atoms with Crippen LogP contribution in [0.3, 0.4) is 0 Å². The van der Waals surface area contributed by atoms with E-state index in [4.69, 9.17) is 5.73 Å². The van der Waals surface area contributed by atoms with Gasteiger partial charge in [-0.05, 0) is 45.2 Å². The quantitative estimate of drug-likeness (QED) is 0.778. The second-order valence-electron chi connectivity index (χ2n) is 5.45. The highest BCUT2D eigenvalue weighted by Gasteiger charge is 2.22. The van der Waals surface area contributed by atoms with Crippen molar-refractivity contribution in [2.24, 2.45) is 11.7 Å². The maximum atomic E-state index is 11.4. The van der Waals surface area contributed by atoms with Crippen molar-refractivity contribution in [2.45, 2.75) is 38.6 Å². The van der Waals surface area contributed by atoms with Gasteiger partial charge in [0.1, 0.15) is 0 Å². The summed E-state index contributed by atoms with van der Waals surface area (Å²) in [4.78, 5) is 15.6. The minimum absolute atomic E-state index is 0.228. The van der Waals surface area contributed by atoms with E-state index in [9.17, 15) is 4.79 Å². The Balaban J connectivity index is 2.21. The summed E-state index contributed by atoms with van der Waals surface area (Å²) in [6, 6.07) is 0.293. The number of amides is 1. The van der Waals surface area contributed by atoms with Gasteiger partial charge in [0.15, 0.2) is 0 Å². The van der Waals surface area contributed by atoms with Crippen LogP contribution < -0.4 is 5.73 Å². The Morgan fingerprint density at radius 1 is 1.53 bits per heavy atom. The minimum Gasteiger partial charge on any atom is -0.349 e. The summed E-state index contributed by atoms with van der Waals surface area (Å²) in [6.07, 6.45) is 4.12. The van der Waals surface area contributed by atoms with Crippen LogP contribution in [0.1, 0.15) is 32.6 Å². The van der Waals surface area contributed by atoms with Gasteiger partial charge < -0.3 is 15.5 Å². The third-order valence-electron chi connectivity index (χ3n) is 3.65. The summed E-state index contributed by atoms with van der Waals surface area (Å²) < 4.78 is 0. The highest BCUT2D eigenvalue weighted by molar-refractivity contribution is 5.75. The Bertz CT molecular complexity index is 241. The third kappa shape index (κ3) is 5.04. The van der Waals surface area contributed by atoms with Gasteiger partial charge in [-0.15, -0.1) is 0 Å². The molecule has 17 heavy (non-hydrogen) atoms. The number of carbonyl (C=O) groups is 1. The van der Waals surface area contributed by atoms with Crippen LogP contribution in [0.2, 0.25) is 0 Å². The normalized spacial score (nSPS) is 23.4. The Hall–Kier alpha value is -0.610. The molecule has 2 unspecified atom stereocenters. The number of carbonyl (C=O) groups excluding carboxylic acids is 1. The number of nitrogens with zero attached hydrogens (tertiary/aromatic N) is 2. The smallest absolute Gasteiger partial charge is 0.222 e. The first kappa shape index (κ1) is 14.5. The first-order chi connectivity index (χ1) is 8.00. The molecule has 4 nitrogen and oxygen atoms in total. The fraction of sp³-hybridized carbons (Fsp3) is 0.923. The molecule has 0 radical (unpaired) electrons. The van der Waals surface area contributed by atoms with E-state index in [0.717, 1.165) is 19.5 Å². The Kier molecular flexibility index (Phi) is 5.92. The Morgan fingerprint density at radius 3 is 2.82 bits per heavy atom. The second kappa shape index (κ2) is 6.97. The third-order valence-corrected chi connectivity index (χ3v) is 3.65. The molecule has 1 rings (SSSR count). The molecule has 0 spiro atoms. The predicted octanol–water partition coefficient (Wildman–Crippen LogP) is 0.914. The van der Waals surface area contributed by atoms with Crippen molar-refractivity contribution < 1.29 is 4.79 Å². The highest BCUT2D eigenvalue weighted by Crippen LogP contribution is 2.18. The molecule has 1 aliphatic heterocycles. The number of nitrogens with two attached hydrogens (primary N) is 1. The zero-order chi connectivity index (χ0) is 12.8. The van der Waals surface area contributed by atoms with Crippen LogP contribution >= 0.6 is 0 Å².